The zero-order valence-electron chi connectivity index (χ0n) is 10.2. The second-order valence-electron chi connectivity index (χ2n) is 4.08. The van der Waals surface area contributed by atoms with E-state index >= 15 is 0 Å². The van der Waals surface area contributed by atoms with E-state index in [-0.39, 0.29) is 24.3 Å². The minimum absolute atomic E-state index is 0.0823. The maximum absolute atomic E-state index is 13.3. The molecule has 0 saturated heterocycles. The van der Waals surface area contributed by atoms with Gasteiger partial charge in [0, 0.05) is 11.8 Å². The number of rotatable bonds is 4. The van der Waals surface area contributed by atoms with Crippen LogP contribution in [0.3, 0.4) is 0 Å². The maximum Gasteiger partial charge on any atom is 0.226 e. The molecule has 19 heavy (non-hydrogen) atoms. The van der Waals surface area contributed by atoms with Gasteiger partial charge in [0.05, 0.1) is 5.69 Å². The fourth-order valence-corrected chi connectivity index (χ4v) is 2.28. The molecule has 0 saturated carbocycles. The van der Waals surface area contributed by atoms with E-state index in [0.717, 1.165) is 23.9 Å². The van der Waals surface area contributed by atoms with Gasteiger partial charge in [-0.2, -0.15) is 0 Å². The fourth-order valence-electron chi connectivity index (χ4n) is 1.58. The van der Waals surface area contributed by atoms with E-state index in [4.69, 9.17) is 0 Å². The van der Waals surface area contributed by atoms with Gasteiger partial charge in [0.25, 0.3) is 0 Å². The first kappa shape index (κ1) is 13.6. The van der Waals surface area contributed by atoms with Gasteiger partial charge in [-0.15, -0.1) is 11.3 Å². The SMILES string of the molecule is Cc1csc(NC(=O)CCc2cc(F)ccc2F)n1. The average Bonchev–Trinajstić information content (AvgIpc) is 2.76. The van der Waals surface area contributed by atoms with Crippen LogP contribution in [0.15, 0.2) is 23.6 Å². The highest BCUT2D eigenvalue weighted by Gasteiger charge is 2.09. The van der Waals surface area contributed by atoms with E-state index in [9.17, 15) is 13.6 Å². The van der Waals surface area contributed by atoms with Gasteiger partial charge in [0.1, 0.15) is 11.6 Å². The number of carbonyl (C=O) groups excluding carboxylic acids is 1. The highest BCUT2D eigenvalue weighted by atomic mass is 32.1. The number of amides is 1. The number of anilines is 1. The summed E-state index contributed by atoms with van der Waals surface area (Å²) in [6.45, 7) is 1.83. The molecule has 100 valence electrons. The molecule has 2 rings (SSSR count). The van der Waals surface area contributed by atoms with Crippen LogP contribution in [-0.2, 0) is 11.2 Å². The molecule has 0 aliphatic carbocycles. The molecule has 0 aliphatic rings. The van der Waals surface area contributed by atoms with Crippen LogP contribution in [0.25, 0.3) is 0 Å². The van der Waals surface area contributed by atoms with Crippen molar-refractivity contribution in [1.82, 2.24) is 4.98 Å². The number of aryl methyl sites for hydroxylation is 2. The number of benzene rings is 1. The maximum atomic E-state index is 13.3. The van der Waals surface area contributed by atoms with Crippen molar-refractivity contribution in [3.63, 3.8) is 0 Å². The van der Waals surface area contributed by atoms with Crippen molar-refractivity contribution < 1.29 is 13.6 Å². The highest BCUT2D eigenvalue weighted by Crippen LogP contribution is 2.16. The number of nitrogens with zero attached hydrogens (tertiary/aromatic N) is 1. The fraction of sp³-hybridized carbons (Fsp3) is 0.231. The first-order chi connectivity index (χ1) is 9.04. The molecule has 1 amide bonds. The predicted molar refractivity (Wildman–Crippen MR) is 70.2 cm³/mol. The summed E-state index contributed by atoms with van der Waals surface area (Å²) in [7, 11) is 0. The Hall–Kier alpha value is -1.82. The van der Waals surface area contributed by atoms with Gasteiger partial charge < -0.3 is 5.32 Å². The molecule has 0 radical (unpaired) electrons. The Morgan fingerprint density at radius 3 is 2.89 bits per heavy atom. The van der Waals surface area contributed by atoms with Gasteiger partial charge >= 0.3 is 0 Å². The van der Waals surface area contributed by atoms with E-state index in [0.29, 0.717) is 5.13 Å². The standard InChI is InChI=1S/C13H12F2N2OS/c1-8-7-19-13(16-8)17-12(18)5-2-9-6-10(14)3-4-11(9)15/h3-4,6-7H,2,5H2,1H3,(H,16,17,18). The monoisotopic (exact) mass is 282 g/mol. The Bertz CT molecular complexity index is 598. The minimum atomic E-state index is -0.507. The Morgan fingerprint density at radius 2 is 2.21 bits per heavy atom. The Balaban J connectivity index is 1.91. The number of hydrogen-bond acceptors (Lipinski definition) is 3. The Labute approximate surface area is 113 Å². The van der Waals surface area contributed by atoms with Gasteiger partial charge in [-0.25, -0.2) is 13.8 Å². The van der Waals surface area contributed by atoms with Crippen LogP contribution in [0.1, 0.15) is 17.7 Å². The quantitative estimate of drug-likeness (QED) is 0.935. The first-order valence-electron chi connectivity index (χ1n) is 5.70. The smallest absolute Gasteiger partial charge is 0.226 e. The Morgan fingerprint density at radius 1 is 1.42 bits per heavy atom. The van der Waals surface area contributed by atoms with Crippen molar-refractivity contribution in [3.05, 3.63) is 46.5 Å². The zero-order chi connectivity index (χ0) is 13.8. The van der Waals surface area contributed by atoms with Crippen molar-refractivity contribution in [1.29, 1.82) is 0 Å². The van der Waals surface area contributed by atoms with E-state index < -0.39 is 11.6 Å². The van der Waals surface area contributed by atoms with Crippen LogP contribution in [0.2, 0.25) is 0 Å². The van der Waals surface area contributed by atoms with Crippen molar-refractivity contribution in [2.75, 3.05) is 5.32 Å². The topological polar surface area (TPSA) is 42.0 Å². The molecule has 3 nitrogen and oxygen atoms in total. The van der Waals surface area contributed by atoms with E-state index in [1.807, 2.05) is 12.3 Å². The molecule has 1 N–H and O–H groups in total. The summed E-state index contributed by atoms with van der Waals surface area (Å²) in [4.78, 5) is 15.7. The molecule has 1 heterocycles. The average molecular weight is 282 g/mol. The van der Waals surface area contributed by atoms with Crippen molar-refractivity contribution >= 4 is 22.4 Å². The number of aromatic nitrogens is 1. The molecule has 2 aromatic rings. The lowest BCUT2D eigenvalue weighted by atomic mass is 10.1. The summed E-state index contributed by atoms with van der Waals surface area (Å²) in [5, 5.41) is 4.96. The van der Waals surface area contributed by atoms with Crippen LogP contribution in [0.5, 0.6) is 0 Å². The van der Waals surface area contributed by atoms with Gasteiger partial charge in [-0.1, -0.05) is 0 Å². The summed E-state index contributed by atoms with van der Waals surface area (Å²) in [5.74, 6) is -1.27. The molecule has 0 unspecified atom stereocenters. The van der Waals surface area contributed by atoms with Crippen molar-refractivity contribution in [2.24, 2.45) is 0 Å². The predicted octanol–water partition coefficient (Wildman–Crippen LogP) is 3.30. The molecule has 0 fully saturated rings. The molecule has 0 atom stereocenters. The second kappa shape index (κ2) is 5.88. The molecule has 1 aromatic heterocycles. The minimum Gasteiger partial charge on any atom is -0.302 e. The summed E-state index contributed by atoms with van der Waals surface area (Å²) < 4.78 is 26.3. The number of nitrogens with one attached hydrogen (secondary N) is 1. The third-order valence-electron chi connectivity index (χ3n) is 2.49. The molecule has 0 spiro atoms. The summed E-state index contributed by atoms with van der Waals surface area (Å²) in [5.41, 5.74) is 1.03. The lowest BCUT2D eigenvalue weighted by Gasteiger charge is -2.03. The summed E-state index contributed by atoms with van der Waals surface area (Å²) in [6, 6.07) is 3.22. The van der Waals surface area contributed by atoms with Crippen LogP contribution >= 0.6 is 11.3 Å². The number of hydrogen-bond donors (Lipinski definition) is 1. The van der Waals surface area contributed by atoms with Crippen LogP contribution in [0.4, 0.5) is 13.9 Å². The number of carbonyl (C=O) groups is 1. The molecular weight excluding hydrogens is 270 g/mol. The van der Waals surface area contributed by atoms with Crippen LogP contribution in [0, 0.1) is 18.6 Å². The third kappa shape index (κ3) is 3.82. The van der Waals surface area contributed by atoms with E-state index in [1.54, 1.807) is 0 Å². The summed E-state index contributed by atoms with van der Waals surface area (Å²) >= 11 is 1.33. The molecular formula is C13H12F2N2OS. The molecule has 0 aliphatic heterocycles. The van der Waals surface area contributed by atoms with Crippen molar-refractivity contribution in [2.45, 2.75) is 19.8 Å². The van der Waals surface area contributed by atoms with E-state index in [1.165, 1.54) is 11.3 Å². The molecule has 6 heteroatoms. The van der Waals surface area contributed by atoms with Gasteiger partial charge in [0.15, 0.2) is 5.13 Å². The lowest BCUT2D eigenvalue weighted by molar-refractivity contribution is -0.116. The van der Waals surface area contributed by atoms with Crippen molar-refractivity contribution in [3.8, 4) is 0 Å². The molecule has 1 aromatic carbocycles. The van der Waals surface area contributed by atoms with E-state index in [2.05, 4.69) is 10.3 Å². The summed E-state index contributed by atoms with van der Waals surface area (Å²) in [6.07, 6.45) is 0.235. The highest BCUT2D eigenvalue weighted by molar-refractivity contribution is 7.13. The number of halogens is 2. The third-order valence-corrected chi connectivity index (χ3v) is 3.37. The van der Waals surface area contributed by atoms with Crippen LogP contribution < -0.4 is 5.32 Å². The van der Waals surface area contributed by atoms with Gasteiger partial charge in [0.2, 0.25) is 5.91 Å². The zero-order valence-corrected chi connectivity index (χ0v) is 11.1. The largest absolute Gasteiger partial charge is 0.302 e. The number of thiazole rings is 1. The van der Waals surface area contributed by atoms with Gasteiger partial charge in [-0.05, 0) is 37.1 Å². The lowest BCUT2D eigenvalue weighted by Crippen LogP contribution is -2.12. The normalized spacial score (nSPS) is 10.5. The Kier molecular flexibility index (Phi) is 4.21. The van der Waals surface area contributed by atoms with Gasteiger partial charge in [-0.3, -0.25) is 4.79 Å². The molecule has 0 bridgehead atoms. The van der Waals surface area contributed by atoms with Crippen LogP contribution in [-0.4, -0.2) is 10.9 Å². The second-order valence-corrected chi connectivity index (χ2v) is 4.94. The first-order valence-corrected chi connectivity index (χ1v) is 6.58.